The third kappa shape index (κ3) is 4.16. The van der Waals surface area contributed by atoms with Crippen molar-refractivity contribution in [3.8, 4) is 0 Å². The Morgan fingerprint density at radius 2 is 1.94 bits per heavy atom. The van der Waals surface area contributed by atoms with Gasteiger partial charge < -0.3 is 20.6 Å². The van der Waals surface area contributed by atoms with E-state index in [1.165, 1.54) is 6.08 Å². The first-order valence-corrected chi connectivity index (χ1v) is 11.6. The maximum absolute atomic E-state index is 13.3. The van der Waals surface area contributed by atoms with E-state index in [1.54, 1.807) is 10.8 Å². The summed E-state index contributed by atoms with van der Waals surface area (Å²) in [6.45, 7) is 5.75. The summed E-state index contributed by atoms with van der Waals surface area (Å²) < 4.78 is 1.79. The van der Waals surface area contributed by atoms with Gasteiger partial charge in [0.05, 0.1) is 18.1 Å². The Morgan fingerprint density at radius 1 is 1.15 bits per heavy atom. The summed E-state index contributed by atoms with van der Waals surface area (Å²) in [4.78, 5) is 29.4. The SMILES string of the molecule is Cc1c(/C=C/O)c(=O)n(C2CCCC2)c2nc(Nc3ccc(N4CCNCC4)cn3)ncc12. The molecule has 0 aromatic carbocycles. The van der Waals surface area contributed by atoms with E-state index in [2.05, 4.69) is 25.5 Å². The fourth-order valence-corrected chi connectivity index (χ4v) is 4.87. The second kappa shape index (κ2) is 9.19. The second-order valence-electron chi connectivity index (χ2n) is 8.66. The lowest BCUT2D eigenvalue weighted by Crippen LogP contribution is -2.43. The summed E-state index contributed by atoms with van der Waals surface area (Å²) >= 11 is 0. The fraction of sp³-hybridized carbons (Fsp3) is 0.417. The molecule has 1 saturated heterocycles. The summed E-state index contributed by atoms with van der Waals surface area (Å²) in [5.41, 5.74) is 2.83. The van der Waals surface area contributed by atoms with Crippen LogP contribution in [0.3, 0.4) is 0 Å². The van der Waals surface area contributed by atoms with Gasteiger partial charge in [-0.15, -0.1) is 0 Å². The van der Waals surface area contributed by atoms with Crippen LogP contribution in [0.1, 0.15) is 42.9 Å². The van der Waals surface area contributed by atoms with Crippen LogP contribution in [0.15, 0.2) is 35.6 Å². The van der Waals surface area contributed by atoms with E-state index in [9.17, 15) is 9.90 Å². The second-order valence-corrected chi connectivity index (χ2v) is 8.66. The standard InChI is InChI=1S/C24H29N7O2/c1-16-19(8-13-32)23(33)31(17-4-2-3-5-17)22-20(16)15-27-24(29-22)28-21-7-6-18(14-26-21)30-11-9-25-10-12-30/h6-8,13-15,17,25,32H,2-5,9-12H2,1H3,(H,26,27,28,29)/b13-8+. The van der Waals surface area contributed by atoms with Crippen molar-refractivity contribution in [2.24, 2.45) is 0 Å². The van der Waals surface area contributed by atoms with Gasteiger partial charge in [-0.25, -0.2) is 9.97 Å². The number of hydrogen-bond donors (Lipinski definition) is 3. The molecule has 0 atom stereocenters. The predicted molar refractivity (Wildman–Crippen MR) is 130 cm³/mol. The van der Waals surface area contributed by atoms with Crippen LogP contribution in [0, 0.1) is 6.92 Å². The Bertz CT molecular complexity index is 1220. The molecule has 2 aliphatic rings. The number of aliphatic hydroxyl groups is 1. The van der Waals surface area contributed by atoms with Gasteiger partial charge in [0.15, 0.2) is 0 Å². The average molecular weight is 448 g/mol. The largest absolute Gasteiger partial charge is 0.516 e. The fourth-order valence-electron chi connectivity index (χ4n) is 4.87. The van der Waals surface area contributed by atoms with Crippen LogP contribution in [-0.4, -0.2) is 50.8 Å². The van der Waals surface area contributed by atoms with Gasteiger partial charge in [0.25, 0.3) is 5.56 Å². The highest BCUT2D eigenvalue weighted by molar-refractivity contribution is 5.83. The van der Waals surface area contributed by atoms with Crippen LogP contribution in [0.25, 0.3) is 17.1 Å². The maximum atomic E-state index is 13.3. The van der Waals surface area contributed by atoms with Crippen LogP contribution in [0.2, 0.25) is 0 Å². The number of hydrogen-bond acceptors (Lipinski definition) is 8. The number of aryl methyl sites for hydroxylation is 1. The van der Waals surface area contributed by atoms with E-state index in [0.29, 0.717) is 23.0 Å². The van der Waals surface area contributed by atoms with Crippen LogP contribution in [0.4, 0.5) is 17.5 Å². The molecule has 9 nitrogen and oxygen atoms in total. The van der Waals surface area contributed by atoms with E-state index >= 15 is 0 Å². The zero-order valence-electron chi connectivity index (χ0n) is 18.8. The maximum Gasteiger partial charge on any atom is 0.260 e. The van der Waals surface area contributed by atoms with Crippen molar-refractivity contribution >= 4 is 34.6 Å². The monoisotopic (exact) mass is 447 g/mol. The van der Waals surface area contributed by atoms with E-state index in [-0.39, 0.29) is 11.6 Å². The van der Waals surface area contributed by atoms with E-state index < -0.39 is 0 Å². The van der Waals surface area contributed by atoms with Crippen molar-refractivity contribution in [1.29, 1.82) is 0 Å². The number of piperazine rings is 1. The molecule has 3 aromatic heterocycles. The van der Waals surface area contributed by atoms with Crippen molar-refractivity contribution in [3.63, 3.8) is 0 Å². The summed E-state index contributed by atoms with van der Waals surface area (Å²) in [6, 6.07) is 4.08. The molecular weight excluding hydrogens is 418 g/mol. The van der Waals surface area contributed by atoms with E-state index in [4.69, 9.17) is 4.98 Å². The minimum atomic E-state index is -0.125. The Morgan fingerprint density at radius 3 is 2.64 bits per heavy atom. The number of nitrogens with one attached hydrogen (secondary N) is 2. The van der Waals surface area contributed by atoms with E-state index in [0.717, 1.165) is 74.8 Å². The Hall–Kier alpha value is -3.46. The molecule has 0 amide bonds. The molecular formula is C24H29N7O2. The van der Waals surface area contributed by atoms with Gasteiger partial charge in [0.2, 0.25) is 5.95 Å². The number of pyridine rings is 2. The molecule has 0 unspecified atom stereocenters. The zero-order chi connectivity index (χ0) is 22.8. The van der Waals surface area contributed by atoms with Gasteiger partial charge in [-0.2, -0.15) is 4.98 Å². The molecule has 4 heterocycles. The van der Waals surface area contributed by atoms with Crippen molar-refractivity contribution in [3.05, 3.63) is 52.3 Å². The molecule has 0 radical (unpaired) electrons. The van der Waals surface area contributed by atoms with Crippen LogP contribution < -0.4 is 21.1 Å². The lowest BCUT2D eigenvalue weighted by Gasteiger charge is -2.29. The average Bonchev–Trinajstić information content (AvgIpc) is 3.37. The first-order chi connectivity index (χ1) is 16.2. The molecule has 3 N–H and O–H groups in total. The molecule has 1 aliphatic heterocycles. The van der Waals surface area contributed by atoms with Crippen molar-refractivity contribution in [2.45, 2.75) is 38.6 Å². The van der Waals surface area contributed by atoms with Gasteiger partial charge in [-0.1, -0.05) is 12.8 Å². The van der Waals surface area contributed by atoms with Gasteiger partial charge in [0, 0.05) is 49.4 Å². The highest BCUT2D eigenvalue weighted by atomic mass is 16.2. The highest BCUT2D eigenvalue weighted by Gasteiger charge is 2.24. The Labute approximate surface area is 192 Å². The third-order valence-electron chi connectivity index (χ3n) is 6.65. The minimum Gasteiger partial charge on any atom is -0.516 e. The predicted octanol–water partition coefficient (Wildman–Crippen LogP) is 3.29. The molecule has 0 spiro atoms. The normalized spacial score (nSPS) is 17.3. The smallest absolute Gasteiger partial charge is 0.260 e. The van der Waals surface area contributed by atoms with Gasteiger partial charge in [-0.05, 0) is 43.5 Å². The number of aromatic nitrogens is 4. The third-order valence-corrected chi connectivity index (χ3v) is 6.65. The molecule has 1 aliphatic carbocycles. The highest BCUT2D eigenvalue weighted by Crippen LogP contribution is 2.32. The number of fused-ring (bicyclic) bond motifs is 1. The molecule has 3 aromatic rings. The first-order valence-electron chi connectivity index (χ1n) is 11.6. The number of nitrogens with zero attached hydrogens (tertiary/aromatic N) is 5. The number of aliphatic hydroxyl groups excluding tert-OH is 1. The molecule has 172 valence electrons. The van der Waals surface area contributed by atoms with Crippen molar-refractivity contribution in [2.75, 3.05) is 36.4 Å². The number of rotatable bonds is 5. The van der Waals surface area contributed by atoms with Crippen LogP contribution in [-0.2, 0) is 0 Å². The summed E-state index contributed by atoms with van der Waals surface area (Å²) in [7, 11) is 0. The minimum absolute atomic E-state index is 0.102. The summed E-state index contributed by atoms with van der Waals surface area (Å²) in [6.07, 6.45) is 10.1. The quantitative estimate of drug-likeness (QED) is 0.512. The number of anilines is 3. The summed E-state index contributed by atoms with van der Waals surface area (Å²) in [5.74, 6) is 1.06. The van der Waals surface area contributed by atoms with E-state index in [1.807, 2.05) is 25.3 Å². The van der Waals surface area contributed by atoms with Crippen molar-refractivity contribution < 1.29 is 5.11 Å². The Balaban J connectivity index is 1.50. The molecule has 33 heavy (non-hydrogen) atoms. The molecule has 1 saturated carbocycles. The molecule has 5 rings (SSSR count). The van der Waals surface area contributed by atoms with Gasteiger partial charge in [-0.3, -0.25) is 9.36 Å². The molecule has 9 heteroatoms. The Kier molecular flexibility index (Phi) is 5.95. The lowest BCUT2D eigenvalue weighted by molar-refractivity contribution is 0.477. The topological polar surface area (TPSA) is 108 Å². The van der Waals surface area contributed by atoms with Crippen LogP contribution in [0.5, 0.6) is 0 Å². The molecule has 2 fully saturated rings. The molecule has 0 bridgehead atoms. The van der Waals surface area contributed by atoms with Crippen molar-refractivity contribution in [1.82, 2.24) is 24.8 Å². The zero-order valence-corrected chi connectivity index (χ0v) is 18.8. The van der Waals surface area contributed by atoms with Gasteiger partial charge >= 0.3 is 0 Å². The summed E-state index contributed by atoms with van der Waals surface area (Å²) in [5, 5.41) is 16.7. The lowest BCUT2D eigenvalue weighted by atomic mass is 10.1. The first kappa shape index (κ1) is 21.4. The van der Waals surface area contributed by atoms with Crippen LogP contribution >= 0.6 is 0 Å². The van der Waals surface area contributed by atoms with Gasteiger partial charge in [0.1, 0.15) is 11.5 Å².